The molecule has 1 atom stereocenters. The number of benzene rings is 4. The van der Waals surface area contributed by atoms with Crippen LogP contribution in [0.4, 0.5) is 4.79 Å². The molecule has 1 aliphatic heterocycles. The second kappa shape index (κ2) is 16.2. The first kappa shape index (κ1) is 34.9. The molecule has 1 heterocycles. The number of hydrogen-bond acceptors (Lipinski definition) is 6. The normalized spacial score (nSPS) is 14.8. The van der Waals surface area contributed by atoms with Crippen molar-refractivity contribution >= 4 is 12.0 Å². The fraction of sp³-hybridized carbons (Fsp3) is 0.381. The van der Waals surface area contributed by atoms with E-state index in [2.05, 4.69) is 43.3 Å². The summed E-state index contributed by atoms with van der Waals surface area (Å²) in [5.74, 6) is 1.68. The number of hydrogen-bond donors (Lipinski definition) is 0. The van der Waals surface area contributed by atoms with Gasteiger partial charge in [-0.25, -0.2) is 4.79 Å². The van der Waals surface area contributed by atoms with Crippen LogP contribution >= 0.6 is 0 Å². The third-order valence-electron chi connectivity index (χ3n) is 10.1. The summed E-state index contributed by atoms with van der Waals surface area (Å²) in [5.41, 5.74) is 6.60. The number of methoxy groups -OCH3 is 2. The fourth-order valence-corrected chi connectivity index (χ4v) is 7.67. The van der Waals surface area contributed by atoms with E-state index in [-0.39, 0.29) is 29.8 Å². The summed E-state index contributed by atoms with van der Waals surface area (Å²) in [4.78, 5) is 31.9. The third kappa shape index (κ3) is 7.30. The third-order valence-corrected chi connectivity index (χ3v) is 10.1. The minimum atomic E-state index is -0.355. The zero-order chi connectivity index (χ0) is 35.0. The Morgan fingerprint density at radius 2 is 1.40 bits per heavy atom. The zero-order valence-electron chi connectivity index (χ0n) is 29.6. The molecule has 50 heavy (non-hydrogen) atoms. The Balaban J connectivity index is 1.16. The average Bonchev–Trinajstić information content (AvgIpc) is 3.48. The van der Waals surface area contributed by atoms with Gasteiger partial charge in [0.25, 0.3) is 0 Å². The van der Waals surface area contributed by atoms with Crippen LogP contribution in [0.25, 0.3) is 11.1 Å². The van der Waals surface area contributed by atoms with E-state index in [9.17, 15) is 9.59 Å². The van der Waals surface area contributed by atoms with Crippen molar-refractivity contribution in [3.05, 3.63) is 113 Å². The highest BCUT2D eigenvalue weighted by atomic mass is 16.6. The lowest BCUT2D eigenvalue weighted by Crippen LogP contribution is -2.44. The van der Waals surface area contributed by atoms with Gasteiger partial charge in [-0.15, -0.1) is 0 Å². The Hall–Kier alpha value is -4.98. The smallest absolute Gasteiger partial charge is 0.409 e. The number of ether oxygens (including phenoxy) is 4. The highest BCUT2D eigenvalue weighted by Crippen LogP contribution is 2.45. The van der Waals surface area contributed by atoms with Gasteiger partial charge in [-0.3, -0.25) is 4.79 Å². The first-order chi connectivity index (χ1) is 24.5. The molecule has 4 aromatic carbocycles. The summed E-state index contributed by atoms with van der Waals surface area (Å²) in [6.07, 6.45) is 1.90. The molecule has 0 radical (unpaired) electrons. The van der Waals surface area contributed by atoms with Gasteiger partial charge in [-0.2, -0.15) is 0 Å². The van der Waals surface area contributed by atoms with Crippen LogP contribution in [0.1, 0.15) is 67.2 Å². The van der Waals surface area contributed by atoms with Crippen LogP contribution in [0.15, 0.2) is 91.0 Å². The van der Waals surface area contributed by atoms with Crippen LogP contribution in [0.5, 0.6) is 17.2 Å². The largest absolute Gasteiger partial charge is 0.496 e. The molecule has 8 heteroatoms. The Kier molecular flexibility index (Phi) is 11.3. The van der Waals surface area contributed by atoms with Gasteiger partial charge in [0.15, 0.2) is 0 Å². The second-order valence-electron chi connectivity index (χ2n) is 13.0. The molecule has 0 N–H and O–H groups in total. The van der Waals surface area contributed by atoms with Crippen LogP contribution in [-0.4, -0.2) is 68.9 Å². The summed E-state index contributed by atoms with van der Waals surface area (Å²) in [6, 6.07) is 30.5. The molecule has 262 valence electrons. The van der Waals surface area contributed by atoms with E-state index in [0.29, 0.717) is 69.5 Å². The number of carbonyl (C=O) groups is 2. The lowest BCUT2D eigenvalue weighted by Gasteiger charge is -2.37. The van der Waals surface area contributed by atoms with Gasteiger partial charge in [0, 0.05) is 37.7 Å². The molecule has 0 aromatic heterocycles. The molecular formula is C42H48N2O6. The van der Waals surface area contributed by atoms with E-state index in [0.717, 1.165) is 17.5 Å². The molecule has 2 amide bonds. The summed E-state index contributed by atoms with van der Waals surface area (Å²) in [7, 11) is 3.24. The lowest BCUT2D eigenvalue weighted by atomic mass is 9.79. The first-order valence-corrected chi connectivity index (χ1v) is 17.8. The van der Waals surface area contributed by atoms with E-state index < -0.39 is 0 Å². The molecular weight excluding hydrogens is 628 g/mol. The predicted molar refractivity (Wildman–Crippen MR) is 195 cm³/mol. The quantitative estimate of drug-likeness (QED) is 0.142. The van der Waals surface area contributed by atoms with Crippen LogP contribution < -0.4 is 14.2 Å². The Labute approximate surface area is 295 Å². The number of nitrogens with zero attached hydrogens (tertiary/aromatic N) is 2. The molecule has 1 aliphatic carbocycles. The highest BCUT2D eigenvalue weighted by Gasteiger charge is 2.37. The second-order valence-corrected chi connectivity index (χ2v) is 13.0. The topological polar surface area (TPSA) is 77.5 Å². The van der Waals surface area contributed by atoms with Gasteiger partial charge in [0.2, 0.25) is 5.91 Å². The molecule has 1 saturated heterocycles. The number of likely N-dealkylation sites (tertiary alicyclic amines) is 1. The van der Waals surface area contributed by atoms with Crippen molar-refractivity contribution in [2.24, 2.45) is 5.92 Å². The maximum atomic E-state index is 14.7. The number of amides is 2. The molecule has 4 aromatic rings. The fourth-order valence-electron chi connectivity index (χ4n) is 7.67. The minimum absolute atomic E-state index is 0.0149. The van der Waals surface area contributed by atoms with Crippen molar-refractivity contribution in [2.45, 2.75) is 51.5 Å². The summed E-state index contributed by atoms with van der Waals surface area (Å²) in [5, 5.41) is 0. The van der Waals surface area contributed by atoms with E-state index in [1.165, 1.54) is 22.3 Å². The van der Waals surface area contributed by atoms with Gasteiger partial charge < -0.3 is 28.7 Å². The molecule has 1 unspecified atom stereocenters. The van der Waals surface area contributed by atoms with Gasteiger partial charge in [0.1, 0.15) is 23.9 Å². The standard InChI is InChI=1S/C42H48N2O6/c1-5-22-44(27-36-38(47-3)25-31(49-6-2)26-39(36)48-4)41(45)40(29-14-8-7-9-15-29)30-20-23-43(24-21-30)42(46)50-28-37-34-18-12-10-16-32(34)33-17-11-13-19-35(33)37/h7-19,25-26,30,37,40H,5-6,20-24,27-28H2,1-4H3. The zero-order valence-corrected chi connectivity index (χ0v) is 29.6. The van der Waals surface area contributed by atoms with Crippen molar-refractivity contribution in [3.63, 3.8) is 0 Å². The van der Waals surface area contributed by atoms with Gasteiger partial charge in [0.05, 0.1) is 38.9 Å². The Morgan fingerprint density at radius 1 is 0.820 bits per heavy atom. The van der Waals surface area contributed by atoms with Gasteiger partial charge in [-0.05, 0) is 59.9 Å². The van der Waals surface area contributed by atoms with E-state index >= 15 is 0 Å². The van der Waals surface area contributed by atoms with Crippen molar-refractivity contribution in [3.8, 4) is 28.4 Å². The minimum Gasteiger partial charge on any atom is -0.496 e. The van der Waals surface area contributed by atoms with Crippen LogP contribution in [0.3, 0.4) is 0 Å². The molecule has 0 saturated carbocycles. The molecule has 1 fully saturated rings. The van der Waals surface area contributed by atoms with Crippen LogP contribution in [0.2, 0.25) is 0 Å². The summed E-state index contributed by atoms with van der Waals surface area (Å²) < 4.78 is 23.3. The van der Waals surface area contributed by atoms with E-state index in [4.69, 9.17) is 18.9 Å². The molecule has 8 nitrogen and oxygen atoms in total. The maximum Gasteiger partial charge on any atom is 0.409 e. The van der Waals surface area contributed by atoms with Gasteiger partial charge in [-0.1, -0.05) is 85.8 Å². The maximum absolute atomic E-state index is 14.7. The number of carbonyl (C=O) groups excluding carboxylic acids is 2. The summed E-state index contributed by atoms with van der Waals surface area (Å²) >= 11 is 0. The molecule has 6 rings (SSSR count). The molecule has 2 aliphatic rings. The highest BCUT2D eigenvalue weighted by molar-refractivity contribution is 5.84. The number of rotatable bonds is 13. The average molecular weight is 677 g/mol. The van der Waals surface area contributed by atoms with E-state index in [1.807, 2.05) is 66.4 Å². The van der Waals surface area contributed by atoms with Crippen molar-refractivity contribution < 1.29 is 28.5 Å². The van der Waals surface area contributed by atoms with Crippen molar-refractivity contribution in [2.75, 3.05) is 47.1 Å². The molecule has 0 spiro atoms. The SMILES string of the molecule is CCCN(Cc1c(OC)cc(OCC)cc1OC)C(=O)C(c1ccccc1)C1CCN(C(=O)OCC2c3ccccc3-c3ccccc32)CC1. The van der Waals surface area contributed by atoms with Gasteiger partial charge >= 0.3 is 6.09 Å². The van der Waals surface area contributed by atoms with Crippen LogP contribution in [0, 0.1) is 5.92 Å². The summed E-state index contributed by atoms with van der Waals surface area (Å²) in [6.45, 7) is 6.82. The van der Waals surface area contributed by atoms with Crippen molar-refractivity contribution in [1.29, 1.82) is 0 Å². The van der Waals surface area contributed by atoms with Crippen molar-refractivity contribution in [1.82, 2.24) is 9.80 Å². The first-order valence-electron chi connectivity index (χ1n) is 17.8. The van der Waals surface area contributed by atoms with Crippen LogP contribution in [-0.2, 0) is 16.1 Å². The Bertz CT molecular complexity index is 1700. The predicted octanol–water partition coefficient (Wildman–Crippen LogP) is 8.29. The monoisotopic (exact) mass is 676 g/mol. The van der Waals surface area contributed by atoms with E-state index in [1.54, 1.807) is 19.1 Å². The number of fused-ring (bicyclic) bond motifs is 3. The molecule has 0 bridgehead atoms. The number of piperidine rings is 1. The lowest BCUT2D eigenvalue weighted by molar-refractivity contribution is -0.135. The Morgan fingerprint density at radius 3 is 1.96 bits per heavy atom.